The highest BCUT2D eigenvalue weighted by molar-refractivity contribution is 5.89. The van der Waals surface area contributed by atoms with Crippen LogP contribution in [-0.4, -0.2) is 11.0 Å². The number of nitrogens with one attached hydrogen (secondary N) is 2. The van der Waals surface area contributed by atoms with Gasteiger partial charge in [-0.3, -0.25) is 4.79 Å². The van der Waals surface area contributed by atoms with Crippen LogP contribution in [0.3, 0.4) is 0 Å². The molecule has 3 N–H and O–H groups in total. The molecule has 0 spiro atoms. The molecule has 2 aromatic carbocycles. The number of hydrogen-bond donors (Lipinski definition) is 3. The van der Waals surface area contributed by atoms with Gasteiger partial charge >= 0.3 is 0 Å². The molecule has 0 unspecified atom stereocenters. The third-order valence-corrected chi connectivity index (χ3v) is 2.80. The number of phenolic OH excluding ortho intramolecular Hbond substituents is 1. The minimum atomic E-state index is -0.514. The van der Waals surface area contributed by atoms with Gasteiger partial charge in [-0.1, -0.05) is 0 Å². The van der Waals surface area contributed by atoms with Crippen molar-refractivity contribution in [2.45, 2.75) is 13.5 Å². The minimum absolute atomic E-state index is 0.0457. The van der Waals surface area contributed by atoms with E-state index in [1.54, 1.807) is 0 Å². The second-order valence-electron chi connectivity index (χ2n) is 4.50. The number of anilines is 2. The lowest BCUT2D eigenvalue weighted by Crippen LogP contribution is -2.07. The van der Waals surface area contributed by atoms with Crippen molar-refractivity contribution < 1.29 is 18.7 Å². The smallest absolute Gasteiger partial charge is 0.221 e. The second-order valence-corrected chi connectivity index (χ2v) is 4.50. The maximum atomic E-state index is 13.7. The van der Waals surface area contributed by atoms with E-state index in [1.165, 1.54) is 31.2 Å². The molecule has 0 saturated heterocycles. The lowest BCUT2D eigenvalue weighted by molar-refractivity contribution is -0.114. The third-order valence-electron chi connectivity index (χ3n) is 2.80. The highest BCUT2D eigenvalue weighted by atomic mass is 19.1. The monoisotopic (exact) mass is 292 g/mol. The van der Waals surface area contributed by atoms with Crippen molar-refractivity contribution in [3.8, 4) is 5.75 Å². The van der Waals surface area contributed by atoms with Crippen molar-refractivity contribution in [2.24, 2.45) is 0 Å². The van der Waals surface area contributed by atoms with Gasteiger partial charge in [0.2, 0.25) is 5.91 Å². The summed E-state index contributed by atoms with van der Waals surface area (Å²) < 4.78 is 26.8. The molecule has 0 saturated carbocycles. The normalized spacial score (nSPS) is 10.2. The molecule has 0 radical (unpaired) electrons. The van der Waals surface area contributed by atoms with E-state index in [0.29, 0.717) is 11.3 Å². The van der Waals surface area contributed by atoms with Gasteiger partial charge < -0.3 is 15.7 Å². The Balaban J connectivity index is 2.15. The SMILES string of the molecule is CC(=O)Nc1ccc(F)c(NCc2cc(F)ccc2O)c1. The standard InChI is InChI=1S/C15H14F2N2O2/c1-9(20)19-12-3-4-13(17)14(7-12)18-8-10-6-11(16)2-5-15(10)21/h2-7,18,21H,8H2,1H3,(H,19,20). The lowest BCUT2D eigenvalue weighted by atomic mass is 10.2. The van der Waals surface area contributed by atoms with Crippen molar-refractivity contribution in [3.05, 3.63) is 53.6 Å². The van der Waals surface area contributed by atoms with Gasteiger partial charge in [0, 0.05) is 24.7 Å². The first-order valence-electron chi connectivity index (χ1n) is 6.24. The summed E-state index contributed by atoms with van der Waals surface area (Å²) in [6.45, 7) is 1.39. The zero-order valence-corrected chi connectivity index (χ0v) is 11.3. The summed E-state index contributed by atoms with van der Waals surface area (Å²) in [5.74, 6) is -1.35. The molecule has 2 aromatic rings. The van der Waals surface area contributed by atoms with Crippen molar-refractivity contribution in [1.29, 1.82) is 0 Å². The van der Waals surface area contributed by atoms with Crippen molar-refractivity contribution >= 4 is 17.3 Å². The van der Waals surface area contributed by atoms with Crippen molar-refractivity contribution in [3.63, 3.8) is 0 Å². The molecule has 21 heavy (non-hydrogen) atoms. The average Bonchev–Trinajstić information content (AvgIpc) is 2.42. The molecule has 0 fully saturated rings. The van der Waals surface area contributed by atoms with Crippen LogP contribution in [0.5, 0.6) is 5.75 Å². The van der Waals surface area contributed by atoms with Crippen LogP contribution in [0.1, 0.15) is 12.5 Å². The van der Waals surface area contributed by atoms with Gasteiger partial charge in [0.05, 0.1) is 5.69 Å². The molecule has 110 valence electrons. The molecular formula is C15H14F2N2O2. The largest absolute Gasteiger partial charge is 0.508 e. The van der Waals surface area contributed by atoms with Crippen LogP contribution in [0.2, 0.25) is 0 Å². The number of aromatic hydroxyl groups is 1. The Morgan fingerprint density at radius 2 is 1.95 bits per heavy atom. The first-order valence-corrected chi connectivity index (χ1v) is 6.24. The quantitative estimate of drug-likeness (QED) is 0.810. The third kappa shape index (κ3) is 3.92. The minimum Gasteiger partial charge on any atom is -0.508 e. The summed E-state index contributed by atoms with van der Waals surface area (Å²) in [5.41, 5.74) is 0.888. The van der Waals surface area contributed by atoms with E-state index in [4.69, 9.17) is 0 Å². The van der Waals surface area contributed by atoms with Gasteiger partial charge in [-0.15, -0.1) is 0 Å². The van der Waals surface area contributed by atoms with E-state index < -0.39 is 11.6 Å². The van der Waals surface area contributed by atoms with Crippen molar-refractivity contribution in [1.82, 2.24) is 0 Å². The van der Waals surface area contributed by atoms with Crippen LogP contribution in [-0.2, 0) is 11.3 Å². The number of carbonyl (C=O) groups is 1. The Labute approximate surface area is 120 Å². The topological polar surface area (TPSA) is 61.4 Å². The summed E-state index contributed by atoms with van der Waals surface area (Å²) in [6, 6.07) is 7.60. The Hall–Kier alpha value is -2.63. The van der Waals surface area contributed by atoms with Crippen LogP contribution < -0.4 is 10.6 Å². The highest BCUT2D eigenvalue weighted by Crippen LogP contribution is 2.23. The number of phenols is 1. The average molecular weight is 292 g/mol. The van der Waals surface area contributed by atoms with Gasteiger partial charge in [0.15, 0.2) is 0 Å². The second kappa shape index (κ2) is 6.21. The fraction of sp³-hybridized carbons (Fsp3) is 0.133. The Bertz CT molecular complexity index is 675. The van der Waals surface area contributed by atoms with E-state index in [0.717, 1.165) is 12.1 Å². The molecule has 0 aliphatic heterocycles. The Morgan fingerprint density at radius 3 is 2.67 bits per heavy atom. The number of benzene rings is 2. The fourth-order valence-corrected chi connectivity index (χ4v) is 1.83. The first kappa shape index (κ1) is 14.8. The number of carbonyl (C=O) groups excluding carboxylic acids is 1. The zero-order chi connectivity index (χ0) is 15.4. The predicted molar refractivity (Wildman–Crippen MR) is 76.1 cm³/mol. The number of rotatable bonds is 4. The van der Waals surface area contributed by atoms with Gasteiger partial charge in [0.25, 0.3) is 0 Å². The molecule has 6 heteroatoms. The van der Waals surface area contributed by atoms with E-state index in [2.05, 4.69) is 10.6 Å². The lowest BCUT2D eigenvalue weighted by Gasteiger charge is -2.11. The molecule has 0 aliphatic carbocycles. The molecule has 0 atom stereocenters. The van der Waals surface area contributed by atoms with E-state index in [1.807, 2.05) is 0 Å². The van der Waals surface area contributed by atoms with Gasteiger partial charge in [-0.25, -0.2) is 8.78 Å². The molecule has 0 bridgehead atoms. The van der Waals surface area contributed by atoms with E-state index in [-0.39, 0.29) is 23.9 Å². The van der Waals surface area contributed by atoms with Crippen LogP contribution >= 0.6 is 0 Å². The number of amides is 1. The zero-order valence-electron chi connectivity index (χ0n) is 11.3. The molecule has 2 rings (SSSR count). The summed E-state index contributed by atoms with van der Waals surface area (Å²) >= 11 is 0. The fourth-order valence-electron chi connectivity index (χ4n) is 1.83. The molecule has 0 aromatic heterocycles. The summed E-state index contributed by atoms with van der Waals surface area (Å²) in [4.78, 5) is 11.0. The van der Waals surface area contributed by atoms with Crippen LogP contribution in [0, 0.1) is 11.6 Å². The summed E-state index contributed by atoms with van der Waals surface area (Å²) in [6.07, 6.45) is 0. The summed E-state index contributed by atoms with van der Waals surface area (Å²) in [5, 5.41) is 14.9. The highest BCUT2D eigenvalue weighted by Gasteiger charge is 2.07. The van der Waals surface area contributed by atoms with Gasteiger partial charge in [0.1, 0.15) is 17.4 Å². The molecule has 0 aliphatic rings. The van der Waals surface area contributed by atoms with E-state index >= 15 is 0 Å². The van der Waals surface area contributed by atoms with Crippen LogP contribution in [0.25, 0.3) is 0 Å². The van der Waals surface area contributed by atoms with Crippen molar-refractivity contribution in [2.75, 3.05) is 10.6 Å². The maximum absolute atomic E-state index is 13.7. The van der Waals surface area contributed by atoms with Gasteiger partial charge in [-0.2, -0.15) is 0 Å². The summed E-state index contributed by atoms with van der Waals surface area (Å²) in [7, 11) is 0. The van der Waals surface area contributed by atoms with E-state index in [9.17, 15) is 18.7 Å². The maximum Gasteiger partial charge on any atom is 0.221 e. The molecular weight excluding hydrogens is 278 g/mol. The van der Waals surface area contributed by atoms with Crippen LogP contribution in [0.15, 0.2) is 36.4 Å². The molecule has 0 heterocycles. The molecule has 4 nitrogen and oxygen atoms in total. The Morgan fingerprint density at radius 1 is 1.19 bits per heavy atom. The predicted octanol–water partition coefficient (Wildman–Crippen LogP) is 3.24. The Kier molecular flexibility index (Phi) is 4.37. The van der Waals surface area contributed by atoms with Gasteiger partial charge in [-0.05, 0) is 36.4 Å². The molecule has 1 amide bonds. The number of halogens is 2. The number of hydrogen-bond acceptors (Lipinski definition) is 3. The van der Waals surface area contributed by atoms with Crippen LogP contribution in [0.4, 0.5) is 20.2 Å². The first-order chi connectivity index (χ1) is 9.95.